The van der Waals surface area contributed by atoms with E-state index in [0.29, 0.717) is 27.6 Å². The van der Waals surface area contributed by atoms with Gasteiger partial charge in [-0.3, -0.25) is 0 Å². The van der Waals surface area contributed by atoms with Crippen molar-refractivity contribution in [3.05, 3.63) is 47.0 Å². The fourth-order valence-corrected chi connectivity index (χ4v) is 1.53. The zero-order valence-corrected chi connectivity index (χ0v) is 10.5. The average Bonchev–Trinajstić information content (AvgIpc) is 2.34. The predicted octanol–water partition coefficient (Wildman–Crippen LogP) is 4.35. The van der Waals surface area contributed by atoms with Crippen molar-refractivity contribution in [3.8, 4) is 5.75 Å². The van der Waals surface area contributed by atoms with Gasteiger partial charge in [-0.25, -0.2) is 0 Å². The van der Waals surface area contributed by atoms with Gasteiger partial charge in [-0.05, 0) is 42.8 Å². The molecule has 0 atom stereocenters. The van der Waals surface area contributed by atoms with Gasteiger partial charge in [0.2, 0.25) is 0 Å². The van der Waals surface area contributed by atoms with Crippen LogP contribution in [0.5, 0.6) is 5.75 Å². The molecular weight excluding hydrogens is 250 g/mol. The maximum absolute atomic E-state index is 9.47. The number of anilines is 1. The Hall–Kier alpha value is -2.07. The zero-order chi connectivity index (χ0) is 13.1. The number of phenolic OH excluding ortho intramolecular Hbond substituents is 1. The van der Waals surface area contributed by atoms with Crippen LogP contribution in [0.1, 0.15) is 5.56 Å². The molecule has 92 valence electrons. The number of nitrogen functional groups attached to an aromatic ring is 1. The molecule has 5 heteroatoms. The molecule has 2 rings (SSSR count). The van der Waals surface area contributed by atoms with Crippen LogP contribution in [0, 0.1) is 6.92 Å². The highest BCUT2D eigenvalue weighted by Crippen LogP contribution is 2.31. The molecule has 4 nitrogen and oxygen atoms in total. The van der Waals surface area contributed by atoms with Gasteiger partial charge in [0.1, 0.15) is 11.4 Å². The first-order chi connectivity index (χ1) is 8.56. The number of aromatic hydroxyl groups is 1. The van der Waals surface area contributed by atoms with Crippen molar-refractivity contribution in [2.24, 2.45) is 10.2 Å². The fraction of sp³-hybridized carbons (Fsp3) is 0.0769. The van der Waals surface area contributed by atoms with Crippen LogP contribution in [-0.4, -0.2) is 5.11 Å². The fourth-order valence-electron chi connectivity index (χ4n) is 1.40. The second kappa shape index (κ2) is 5.06. The summed E-state index contributed by atoms with van der Waals surface area (Å²) in [4.78, 5) is 0. The number of halogens is 1. The van der Waals surface area contributed by atoms with Gasteiger partial charge >= 0.3 is 0 Å². The molecule has 0 spiro atoms. The Kier molecular flexibility index (Phi) is 3.48. The molecule has 0 aliphatic heterocycles. The Morgan fingerprint density at radius 3 is 2.44 bits per heavy atom. The Bertz CT molecular complexity index is 594. The summed E-state index contributed by atoms with van der Waals surface area (Å²) in [5.74, 6) is 0.151. The lowest BCUT2D eigenvalue weighted by atomic mass is 10.2. The number of nitrogens with two attached hydrogens (primary N) is 1. The van der Waals surface area contributed by atoms with Crippen molar-refractivity contribution in [2.75, 3.05) is 5.73 Å². The summed E-state index contributed by atoms with van der Waals surface area (Å²) < 4.78 is 0. The number of aryl methyl sites for hydroxylation is 1. The lowest BCUT2D eigenvalue weighted by Crippen LogP contribution is -1.86. The van der Waals surface area contributed by atoms with E-state index in [2.05, 4.69) is 10.2 Å². The van der Waals surface area contributed by atoms with Crippen molar-refractivity contribution >= 4 is 28.7 Å². The standard InChI is InChI=1S/C13H12ClN3O/c1-8-6-12(11(15)7-13(8)18)17-16-10-4-2-9(14)3-5-10/h2-7,18H,15H2,1H3/b17-16+. The van der Waals surface area contributed by atoms with Gasteiger partial charge in [0.25, 0.3) is 0 Å². The van der Waals surface area contributed by atoms with E-state index in [1.54, 1.807) is 37.3 Å². The summed E-state index contributed by atoms with van der Waals surface area (Å²) in [6, 6.07) is 10.1. The summed E-state index contributed by atoms with van der Waals surface area (Å²) in [6.45, 7) is 1.77. The zero-order valence-electron chi connectivity index (χ0n) is 9.76. The van der Waals surface area contributed by atoms with Crippen LogP contribution in [-0.2, 0) is 0 Å². The van der Waals surface area contributed by atoms with Crippen LogP contribution in [0.15, 0.2) is 46.6 Å². The first-order valence-corrected chi connectivity index (χ1v) is 5.70. The smallest absolute Gasteiger partial charge is 0.120 e. The normalized spacial score (nSPS) is 11.0. The largest absolute Gasteiger partial charge is 0.508 e. The number of hydrogen-bond donors (Lipinski definition) is 2. The quantitative estimate of drug-likeness (QED) is 0.623. The minimum absolute atomic E-state index is 0.151. The Labute approximate surface area is 110 Å². The van der Waals surface area contributed by atoms with Gasteiger partial charge in [-0.2, -0.15) is 5.11 Å². The summed E-state index contributed by atoms with van der Waals surface area (Å²) in [5, 5.41) is 18.2. The first kappa shape index (κ1) is 12.4. The predicted molar refractivity (Wildman–Crippen MR) is 72.9 cm³/mol. The molecular formula is C13H12ClN3O. The van der Waals surface area contributed by atoms with Crippen LogP contribution < -0.4 is 5.73 Å². The lowest BCUT2D eigenvalue weighted by molar-refractivity contribution is 0.471. The van der Waals surface area contributed by atoms with Crippen LogP contribution in [0.2, 0.25) is 5.02 Å². The topological polar surface area (TPSA) is 71.0 Å². The third-order valence-electron chi connectivity index (χ3n) is 2.45. The molecule has 2 aromatic carbocycles. The molecule has 2 aromatic rings. The van der Waals surface area contributed by atoms with Gasteiger partial charge in [0, 0.05) is 11.1 Å². The van der Waals surface area contributed by atoms with Gasteiger partial charge in [0.05, 0.1) is 11.4 Å². The number of azo groups is 1. The molecule has 0 unspecified atom stereocenters. The van der Waals surface area contributed by atoms with Gasteiger partial charge in [-0.15, -0.1) is 5.11 Å². The van der Waals surface area contributed by atoms with Crippen LogP contribution >= 0.6 is 11.6 Å². The average molecular weight is 262 g/mol. The molecule has 0 aliphatic rings. The molecule has 0 aromatic heterocycles. The van der Waals surface area contributed by atoms with E-state index in [9.17, 15) is 5.11 Å². The third kappa shape index (κ3) is 2.78. The second-order valence-corrected chi connectivity index (χ2v) is 4.31. The van der Waals surface area contributed by atoms with Crippen LogP contribution in [0.3, 0.4) is 0 Å². The molecule has 0 saturated heterocycles. The first-order valence-electron chi connectivity index (χ1n) is 5.32. The third-order valence-corrected chi connectivity index (χ3v) is 2.70. The van der Waals surface area contributed by atoms with Crippen molar-refractivity contribution in [1.29, 1.82) is 0 Å². The monoisotopic (exact) mass is 261 g/mol. The van der Waals surface area contributed by atoms with E-state index in [4.69, 9.17) is 17.3 Å². The van der Waals surface area contributed by atoms with Crippen molar-refractivity contribution in [3.63, 3.8) is 0 Å². The second-order valence-electron chi connectivity index (χ2n) is 3.87. The summed E-state index contributed by atoms with van der Waals surface area (Å²) in [5.41, 5.74) is 8.04. The maximum Gasteiger partial charge on any atom is 0.120 e. The Balaban J connectivity index is 2.28. The molecule has 0 fully saturated rings. The molecule has 0 heterocycles. The highest BCUT2D eigenvalue weighted by atomic mass is 35.5. The molecule has 0 aliphatic carbocycles. The molecule has 3 N–H and O–H groups in total. The van der Waals surface area contributed by atoms with E-state index in [1.165, 1.54) is 6.07 Å². The number of benzene rings is 2. The summed E-state index contributed by atoms with van der Waals surface area (Å²) in [6.07, 6.45) is 0. The van der Waals surface area contributed by atoms with Gasteiger partial charge < -0.3 is 10.8 Å². The SMILES string of the molecule is Cc1cc(/N=N/c2ccc(Cl)cc2)c(N)cc1O. The lowest BCUT2D eigenvalue weighted by Gasteiger charge is -2.03. The highest BCUT2D eigenvalue weighted by molar-refractivity contribution is 6.30. The number of rotatable bonds is 2. The Morgan fingerprint density at radius 1 is 1.11 bits per heavy atom. The minimum atomic E-state index is 0.151. The van der Waals surface area contributed by atoms with E-state index in [1.807, 2.05) is 0 Å². The molecule has 0 bridgehead atoms. The number of phenols is 1. The van der Waals surface area contributed by atoms with E-state index in [-0.39, 0.29) is 5.75 Å². The van der Waals surface area contributed by atoms with E-state index < -0.39 is 0 Å². The van der Waals surface area contributed by atoms with E-state index in [0.717, 1.165) is 0 Å². The van der Waals surface area contributed by atoms with Crippen LogP contribution in [0.25, 0.3) is 0 Å². The molecule has 0 amide bonds. The van der Waals surface area contributed by atoms with Gasteiger partial charge in [0.15, 0.2) is 0 Å². The number of nitrogens with zero attached hydrogens (tertiary/aromatic N) is 2. The summed E-state index contributed by atoms with van der Waals surface area (Å²) >= 11 is 5.77. The number of hydrogen-bond acceptors (Lipinski definition) is 4. The molecule has 0 radical (unpaired) electrons. The van der Waals surface area contributed by atoms with Crippen LogP contribution in [0.4, 0.5) is 17.1 Å². The van der Waals surface area contributed by atoms with Crippen molar-refractivity contribution in [2.45, 2.75) is 6.92 Å². The van der Waals surface area contributed by atoms with E-state index >= 15 is 0 Å². The van der Waals surface area contributed by atoms with Crippen molar-refractivity contribution < 1.29 is 5.11 Å². The van der Waals surface area contributed by atoms with Crippen molar-refractivity contribution in [1.82, 2.24) is 0 Å². The Morgan fingerprint density at radius 2 is 1.78 bits per heavy atom. The van der Waals surface area contributed by atoms with Gasteiger partial charge in [-0.1, -0.05) is 11.6 Å². The highest BCUT2D eigenvalue weighted by Gasteiger charge is 2.03. The maximum atomic E-state index is 9.47. The molecule has 18 heavy (non-hydrogen) atoms. The summed E-state index contributed by atoms with van der Waals surface area (Å²) in [7, 11) is 0. The molecule has 0 saturated carbocycles. The minimum Gasteiger partial charge on any atom is -0.508 e.